The molecule has 2 rings (SSSR count). The van der Waals surface area contributed by atoms with Crippen LogP contribution in [0, 0.1) is 11.3 Å². The number of carbonyl (C=O) groups excluding carboxylic acids is 1. The van der Waals surface area contributed by atoms with Crippen molar-refractivity contribution in [3.8, 4) is 0 Å². The smallest absolute Gasteiger partial charge is 0.228 e. The molecule has 0 aliphatic carbocycles. The van der Waals surface area contributed by atoms with E-state index in [9.17, 15) is 4.79 Å². The minimum atomic E-state index is -0.267. The van der Waals surface area contributed by atoms with Crippen molar-refractivity contribution >= 4 is 5.91 Å². The largest absolute Gasteiger partial charge is 0.349 e. The van der Waals surface area contributed by atoms with Crippen LogP contribution in [-0.2, 0) is 4.79 Å². The van der Waals surface area contributed by atoms with E-state index in [1.165, 1.54) is 0 Å². The van der Waals surface area contributed by atoms with Crippen LogP contribution in [-0.4, -0.2) is 24.0 Å². The molecule has 0 bridgehead atoms. The summed E-state index contributed by atoms with van der Waals surface area (Å²) in [6.07, 6.45) is 4.46. The molecule has 0 saturated carbocycles. The van der Waals surface area contributed by atoms with Gasteiger partial charge in [-0.25, -0.2) is 0 Å². The number of pyridine rings is 1. The zero-order chi connectivity index (χ0) is 13.9. The molecule has 1 saturated heterocycles. The average Bonchev–Trinajstić information content (AvgIpc) is 2.90. The number of carbonyl (C=O) groups is 1. The molecule has 1 aromatic heterocycles. The standard InChI is InChI=1S/C15H23N3O/c1-11(2)15(6-8-17-10-15)14(19)18-12(3)13-5-4-7-16-9-13/h4-5,7,9,11-12,17H,6,8,10H2,1-3H3,(H,18,19). The molecule has 1 amide bonds. The van der Waals surface area contributed by atoms with E-state index in [0.717, 1.165) is 25.1 Å². The third-order valence-corrected chi connectivity index (χ3v) is 4.28. The Balaban J connectivity index is 2.08. The van der Waals surface area contributed by atoms with Crippen LogP contribution in [0.1, 0.15) is 38.8 Å². The van der Waals surface area contributed by atoms with E-state index in [4.69, 9.17) is 0 Å². The van der Waals surface area contributed by atoms with E-state index in [1.54, 1.807) is 12.4 Å². The summed E-state index contributed by atoms with van der Waals surface area (Å²) in [5.41, 5.74) is 0.775. The van der Waals surface area contributed by atoms with Gasteiger partial charge in [0.05, 0.1) is 11.5 Å². The highest BCUT2D eigenvalue weighted by atomic mass is 16.2. The van der Waals surface area contributed by atoms with E-state index >= 15 is 0 Å². The van der Waals surface area contributed by atoms with Crippen molar-refractivity contribution in [1.29, 1.82) is 0 Å². The van der Waals surface area contributed by atoms with E-state index < -0.39 is 0 Å². The minimum Gasteiger partial charge on any atom is -0.349 e. The lowest BCUT2D eigenvalue weighted by molar-refractivity contribution is -0.133. The van der Waals surface area contributed by atoms with Crippen molar-refractivity contribution in [2.24, 2.45) is 11.3 Å². The maximum Gasteiger partial charge on any atom is 0.228 e. The van der Waals surface area contributed by atoms with Gasteiger partial charge in [0.2, 0.25) is 5.91 Å². The van der Waals surface area contributed by atoms with Crippen LogP contribution in [0.25, 0.3) is 0 Å². The molecule has 0 aromatic carbocycles. The van der Waals surface area contributed by atoms with E-state index in [-0.39, 0.29) is 17.4 Å². The molecule has 4 heteroatoms. The predicted molar refractivity (Wildman–Crippen MR) is 75.6 cm³/mol. The van der Waals surface area contributed by atoms with Crippen molar-refractivity contribution in [3.63, 3.8) is 0 Å². The number of hydrogen-bond donors (Lipinski definition) is 2. The molecule has 2 atom stereocenters. The van der Waals surface area contributed by atoms with Gasteiger partial charge in [-0.3, -0.25) is 9.78 Å². The lowest BCUT2D eigenvalue weighted by atomic mass is 9.75. The number of nitrogens with one attached hydrogen (secondary N) is 2. The number of hydrogen-bond acceptors (Lipinski definition) is 3. The molecule has 104 valence electrons. The van der Waals surface area contributed by atoms with Crippen molar-refractivity contribution in [2.45, 2.75) is 33.2 Å². The first-order valence-corrected chi connectivity index (χ1v) is 6.98. The molecule has 2 heterocycles. The third kappa shape index (κ3) is 2.78. The summed E-state index contributed by atoms with van der Waals surface area (Å²) in [7, 11) is 0. The van der Waals surface area contributed by atoms with Gasteiger partial charge < -0.3 is 10.6 Å². The Morgan fingerprint density at radius 3 is 2.79 bits per heavy atom. The van der Waals surface area contributed by atoms with Crippen molar-refractivity contribution < 1.29 is 4.79 Å². The van der Waals surface area contributed by atoms with Gasteiger partial charge in [-0.1, -0.05) is 19.9 Å². The fourth-order valence-electron chi connectivity index (χ4n) is 2.72. The molecule has 0 radical (unpaired) electrons. The van der Waals surface area contributed by atoms with Crippen LogP contribution in [0.3, 0.4) is 0 Å². The Labute approximate surface area is 115 Å². The Morgan fingerprint density at radius 1 is 1.47 bits per heavy atom. The second-order valence-corrected chi connectivity index (χ2v) is 5.72. The molecule has 1 aliphatic rings. The molecule has 0 spiro atoms. The molecule has 1 aliphatic heterocycles. The Bertz CT molecular complexity index is 424. The van der Waals surface area contributed by atoms with E-state index in [0.29, 0.717) is 5.92 Å². The molecule has 2 unspecified atom stereocenters. The summed E-state index contributed by atoms with van der Waals surface area (Å²) in [6.45, 7) is 7.96. The first-order valence-electron chi connectivity index (χ1n) is 6.98. The van der Waals surface area contributed by atoms with Crippen LogP contribution >= 0.6 is 0 Å². The SMILES string of the molecule is CC(NC(=O)C1(C(C)C)CCNC1)c1cccnc1. The highest BCUT2D eigenvalue weighted by Gasteiger charge is 2.44. The Kier molecular flexibility index (Phi) is 4.20. The molecule has 4 nitrogen and oxygen atoms in total. The lowest BCUT2D eigenvalue weighted by Crippen LogP contribution is -2.46. The van der Waals surface area contributed by atoms with Gasteiger partial charge in [-0.15, -0.1) is 0 Å². The highest BCUT2D eigenvalue weighted by molar-refractivity contribution is 5.84. The number of rotatable bonds is 4. The second kappa shape index (κ2) is 5.70. The summed E-state index contributed by atoms with van der Waals surface area (Å²) in [6, 6.07) is 3.89. The zero-order valence-electron chi connectivity index (χ0n) is 11.9. The quantitative estimate of drug-likeness (QED) is 0.870. The van der Waals surface area contributed by atoms with Crippen molar-refractivity contribution in [2.75, 3.05) is 13.1 Å². The monoisotopic (exact) mass is 261 g/mol. The molecule has 1 aromatic rings. The van der Waals surface area contributed by atoms with Gasteiger partial charge in [0.15, 0.2) is 0 Å². The minimum absolute atomic E-state index is 0.00238. The number of amides is 1. The molecule has 2 N–H and O–H groups in total. The summed E-state index contributed by atoms with van der Waals surface area (Å²) in [5, 5.41) is 6.46. The molecule has 19 heavy (non-hydrogen) atoms. The Morgan fingerprint density at radius 2 is 2.26 bits per heavy atom. The van der Waals surface area contributed by atoms with Crippen molar-refractivity contribution in [3.05, 3.63) is 30.1 Å². The van der Waals surface area contributed by atoms with Crippen LogP contribution < -0.4 is 10.6 Å². The van der Waals surface area contributed by atoms with Gasteiger partial charge in [0.1, 0.15) is 0 Å². The van der Waals surface area contributed by atoms with Crippen molar-refractivity contribution in [1.82, 2.24) is 15.6 Å². The molecular weight excluding hydrogens is 238 g/mol. The normalized spacial score (nSPS) is 24.4. The summed E-state index contributed by atoms with van der Waals surface area (Å²) >= 11 is 0. The average molecular weight is 261 g/mol. The fraction of sp³-hybridized carbons (Fsp3) is 0.600. The third-order valence-electron chi connectivity index (χ3n) is 4.28. The maximum atomic E-state index is 12.6. The van der Waals surface area contributed by atoms with Crippen LogP contribution in [0.4, 0.5) is 0 Å². The topological polar surface area (TPSA) is 54.0 Å². The van der Waals surface area contributed by atoms with Gasteiger partial charge in [-0.05, 0) is 37.4 Å². The van der Waals surface area contributed by atoms with E-state index in [2.05, 4.69) is 29.5 Å². The second-order valence-electron chi connectivity index (χ2n) is 5.72. The van der Waals surface area contributed by atoms with Crippen LogP contribution in [0.15, 0.2) is 24.5 Å². The maximum absolute atomic E-state index is 12.6. The highest BCUT2D eigenvalue weighted by Crippen LogP contribution is 2.35. The molecule has 1 fully saturated rings. The number of aromatic nitrogens is 1. The Hall–Kier alpha value is -1.42. The predicted octanol–water partition coefficient (Wildman–Crippen LogP) is 1.89. The zero-order valence-corrected chi connectivity index (χ0v) is 11.9. The van der Waals surface area contributed by atoms with Gasteiger partial charge in [-0.2, -0.15) is 0 Å². The van der Waals surface area contributed by atoms with Crippen LogP contribution in [0.5, 0.6) is 0 Å². The van der Waals surface area contributed by atoms with Gasteiger partial charge >= 0.3 is 0 Å². The van der Waals surface area contributed by atoms with E-state index in [1.807, 2.05) is 19.1 Å². The summed E-state index contributed by atoms with van der Waals surface area (Å²) in [5.74, 6) is 0.493. The van der Waals surface area contributed by atoms with Crippen LogP contribution in [0.2, 0.25) is 0 Å². The summed E-state index contributed by atoms with van der Waals surface area (Å²) in [4.78, 5) is 16.7. The van der Waals surface area contributed by atoms with Gasteiger partial charge in [0, 0.05) is 18.9 Å². The molecular formula is C15H23N3O. The summed E-state index contributed by atoms with van der Waals surface area (Å²) < 4.78 is 0. The number of nitrogens with zero attached hydrogens (tertiary/aromatic N) is 1. The lowest BCUT2D eigenvalue weighted by Gasteiger charge is -2.32. The fourth-order valence-corrected chi connectivity index (χ4v) is 2.72. The first kappa shape index (κ1) is 14.0. The first-order chi connectivity index (χ1) is 9.06. The van der Waals surface area contributed by atoms with Gasteiger partial charge in [0.25, 0.3) is 0 Å².